The largest absolute Gasteiger partial charge is 0.478 e. The van der Waals surface area contributed by atoms with Crippen molar-refractivity contribution in [2.24, 2.45) is 7.05 Å². The summed E-state index contributed by atoms with van der Waals surface area (Å²) in [6, 6.07) is 3.07. The molecule has 0 aromatic carbocycles. The molecule has 20 heavy (non-hydrogen) atoms. The van der Waals surface area contributed by atoms with Crippen molar-refractivity contribution >= 4 is 33.7 Å². The van der Waals surface area contributed by atoms with Crippen LogP contribution in [0.4, 0.5) is 0 Å². The van der Waals surface area contributed by atoms with Gasteiger partial charge in [0.15, 0.2) is 0 Å². The van der Waals surface area contributed by atoms with Crippen LogP contribution in [0, 0.1) is 0 Å². The van der Waals surface area contributed by atoms with Gasteiger partial charge in [-0.2, -0.15) is 5.10 Å². The van der Waals surface area contributed by atoms with Gasteiger partial charge in [-0.25, -0.2) is 9.78 Å². The topological polar surface area (TPSA) is 68.0 Å². The number of halogens is 1. The maximum absolute atomic E-state index is 10.9. The number of thioether (sulfide) groups is 1. The van der Waals surface area contributed by atoms with Crippen LogP contribution in [0.25, 0.3) is 0 Å². The Morgan fingerprint density at radius 3 is 2.90 bits per heavy atom. The van der Waals surface area contributed by atoms with E-state index in [4.69, 9.17) is 5.11 Å². The molecule has 7 heteroatoms. The Kier molecular flexibility index (Phi) is 4.82. The van der Waals surface area contributed by atoms with Crippen molar-refractivity contribution in [2.75, 3.05) is 0 Å². The third kappa shape index (κ3) is 3.21. The van der Waals surface area contributed by atoms with E-state index in [0.29, 0.717) is 10.8 Å². The molecule has 0 atom stereocenters. The van der Waals surface area contributed by atoms with Gasteiger partial charge in [0.25, 0.3) is 0 Å². The standard InChI is InChI=1S/C13H14BrN3O2S/c1-3-9-12(14)10(17(2)16-9)7-20-11-6-8(13(18)19)4-5-15-11/h4-6H,3,7H2,1-2H3,(H,18,19). The monoisotopic (exact) mass is 355 g/mol. The number of hydrogen-bond acceptors (Lipinski definition) is 4. The van der Waals surface area contributed by atoms with Crippen LogP contribution >= 0.6 is 27.7 Å². The summed E-state index contributed by atoms with van der Waals surface area (Å²) in [5.41, 5.74) is 2.34. The number of rotatable bonds is 5. The first-order valence-corrected chi connectivity index (χ1v) is 7.83. The lowest BCUT2D eigenvalue weighted by atomic mass is 10.3. The Balaban J connectivity index is 2.15. The number of aromatic carboxylic acids is 1. The van der Waals surface area contributed by atoms with E-state index in [2.05, 4.69) is 32.9 Å². The molecule has 0 amide bonds. The molecule has 2 heterocycles. The van der Waals surface area contributed by atoms with Crippen molar-refractivity contribution in [3.05, 3.63) is 39.8 Å². The highest BCUT2D eigenvalue weighted by atomic mass is 79.9. The van der Waals surface area contributed by atoms with E-state index in [1.165, 1.54) is 24.0 Å². The van der Waals surface area contributed by atoms with Gasteiger partial charge in [0.1, 0.15) is 0 Å². The van der Waals surface area contributed by atoms with Crippen LogP contribution in [0.1, 0.15) is 28.7 Å². The fourth-order valence-corrected chi connectivity index (χ4v) is 3.64. The predicted octanol–water partition coefficient (Wildman–Crippen LogP) is 3.13. The average Bonchev–Trinajstić information content (AvgIpc) is 2.71. The summed E-state index contributed by atoms with van der Waals surface area (Å²) in [7, 11) is 1.90. The lowest BCUT2D eigenvalue weighted by Crippen LogP contribution is -1.99. The normalized spacial score (nSPS) is 10.8. The number of carboxylic acid groups (broad SMARTS) is 1. The third-order valence-electron chi connectivity index (χ3n) is 2.84. The Labute approximate surface area is 129 Å². The molecule has 0 fully saturated rings. The Morgan fingerprint density at radius 2 is 2.30 bits per heavy atom. The minimum Gasteiger partial charge on any atom is -0.478 e. The highest BCUT2D eigenvalue weighted by Gasteiger charge is 2.13. The fraction of sp³-hybridized carbons (Fsp3) is 0.308. The number of nitrogens with zero attached hydrogens (tertiary/aromatic N) is 3. The maximum Gasteiger partial charge on any atom is 0.335 e. The highest BCUT2D eigenvalue weighted by molar-refractivity contribution is 9.10. The molecule has 2 rings (SSSR count). The second-order valence-corrected chi connectivity index (χ2v) is 5.95. The Hall–Kier alpha value is -1.34. The number of aromatic nitrogens is 3. The lowest BCUT2D eigenvalue weighted by molar-refractivity contribution is 0.0696. The Bertz CT molecular complexity index is 643. The van der Waals surface area contributed by atoms with Crippen LogP contribution in [0.15, 0.2) is 27.8 Å². The minimum atomic E-state index is -0.941. The number of hydrogen-bond donors (Lipinski definition) is 1. The smallest absolute Gasteiger partial charge is 0.335 e. The van der Waals surface area contributed by atoms with Gasteiger partial charge in [-0.15, -0.1) is 0 Å². The van der Waals surface area contributed by atoms with Crippen LogP contribution in [0.3, 0.4) is 0 Å². The van der Waals surface area contributed by atoms with E-state index in [0.717, 1.165) is 22.3 Å². The van der Waals surface area contributed by atoms with Crippen molar-refractivity contribution in [3.8, 4) is 0 Å². The van der Waals surface area contributed by atoms with E-state index >= 15 is 0 Å². The van der Waals surface area contributed by atoms with Gasteiger partial charge in [-0.05, 0) is 34.5 Å². The zero-order valence-corrected chi connectivity index (χ0v) is 13.5. The van der Waals surface area contributed by atoms with Crippen LogP contribution in [-0.2, 0) is 19.2 Å². The van der Waals surface area contributed by atoms with E-state index in [1.807, 2.05) is 11.7 Å². The first kappa shape index (κ1) is 15.1. The molecule has 0 aliphatic rings. The van der Waals surface area contributed by atoms with Crippen molar-refractivity contribution in [1.82, 2.24) is 14.8 Å². The first-order chi connectivity index (χ1) is 9.52. The van der Waals surface area contributed by atoms with Gasteiger partial charge in [0.05, 0.1) is 26.4 Å². The van der Waals surface area contributed by atoms with Crippen molar-refractivity contribution in [3.63, 3.8) is 0 Å². The molecular formula is C13H14BrN3O2S. The number of pyridine rings is 1. The molecule has 0 aliphatic carbocycles. The molecule has 0 spiro atoms. The van der Waals surface area contributed by atoms with E-state index < -0.39 is 5.97 Å². The summed E-state index contributed by atoms with van der Waals surface area (Å²) < 4.78 is 2.86. The Morgan fingerprint density at radius 1 is 1.55 bits per heavy atom. The van der Waals surface area contributed by atoms with Crippen molar-refractivity contribution in [1.29, 1.82) is 0 Å². The molecule has 1 N–H and O–H groups in total. The molecule has 5 nitrogen and oxygen atoms in total. The molecule has 0 aliphatic heterocycles. The molecule has 0 radical (unpaired) electrons. The summed E-state index contributed by atoms with van der Waals surface area (Å²) in [6.45, 7) is 2.06. The molecule has 2 aromatic rings. The molecule has 0 saturated heterocycles. The van der Waals surface area contributed by atoms with Gasteiger partial charge in [0.2, 0.25) is 0 Å². The van der Waals surface area contributed by atoms with Crippen LogP contribution in [0.5, 0.6) is 0 Å². The number of carboxylic acids is 1. The second kappa shape index (κ2) is 6.41. The minimum absolute atomic E-state index is 0.251. The van der Waals surface area contributed by atoms with Crippen molar-refractivity contribution in [2.45, 2.75) is 24.1 Å². The van der Waals surface area contributed by atoms with Crippen LogP contribution < -0.4 is 0 Å². The van der Waals surface area contributed by atoms with Gasteiger partial charge >= 0.3 is 5.97 Å². The summed E-state index contributed by atoms with van der Waals surface area (Å²) in [5, 5.41) is 14.1. The van der Waals surface area contributed by atoms with Crippen LogP contribution in [-0.4, -0.2) is 25.8 Å². The van der Waals surface area contributed by atoms with Gasteiger partial charge < -0.3 is 5.11 Å². The summed E-state index contributed by atoms with van der Waals surface area (Å²) in [6.07, 6.45) is 2.38. The molecular weight excluding hydrogens is 342 g/mol. The quantitative estimate of drug-likeness (QED) is 0.834. The third-order valence-corrected chi connectivity index (χ3v) is 4.69. The van der Waals surface area contributed by atoms with E-state index in [1.54, 1.807) is 6.07 Å². The lowest BCUT2D eigenvalue weighted by Gasteiger charge is -2.03. The van der Waals surface area contributed by atoms with Gasteiger partial charge in [-0.1, -0.05) is 18.7 Å². The number of aryl methyl sites for hydroxylation is 2. The van der Waals surface area contributed by atoms with E-state index in [-0.39, 0.29) is 5.56 Å². The summed E-state index contributed by atoms with van der Waals surface area (Å²) in [4.78, 5) is 15.1. The molecule has 106 valence electrons. The summed E-state index contributed by atoms with van der Waals surface area (Å²) >= 11 is 5.05. The van der Waals surface area contributed by atoms with Gasteiger partial charge in [0, 0.05) is 19.0 Å². The number of carbonyl (C=O) groups is 1. The maximum atomic E-state index is 10.9. The second-order valence-electron chi connectivity index (χ2n) is 4.16. The predicted molar refractivity (Wildman–Crippen MR) is 81.0 cm³/mol. The summed E-state index contributed by atoms with van der Waals surface area (Å²) in [5.74, 6) is -0.260. The highest BCUT2D eigenvalue weighted by Crippen LogP contribution is 2.28. The zero-order valence-electron chi connectivity index (χ0n) is 11.1. The van der Waals surface area contributed by atoms with E-state index in [9.17, 15) is 4.79 Å². The first-order valence-electron chi connectivity index (χ1n) is 6.05. The molecule has 2 aromatic heterocycles. The fourth-order valence-electron chi connectivity index (χ4n) is 1.74. The SMILES string of the molecule is CCc1nn(C)c(CSc2cc(C(=O)O)ccn2)c1Br. The van der Waals surface area contributed by atoms with Crippen LogP contribution in [0.2, 0.25) is 0 Å². The molecule has 0 bridgehead atoms. The van der Waals surface area contributed by atoms with Crippen molar-refractivity contribution < 1.29 is 9.90 Å². The average molecular weight is 356 g/mol. The van der Waals surface area contributed by atoms with Gasteiger partial charge in [-0.3, -0.25) is 4.68 Å². The zero-order chi connectivity index (χ0) is 14.7. The molecule has 0 saturated carbocycles. The molecule has 0 unspecified atom stereocenters.